The van der Waals surface area contributed by atoms with Crippen LogP contribution in [0, 0.1) is 5.92 Å². The number of anilines is 2. The zero-order valence-corrected chi connectivity index (χ0v) is 19.4. The summed E-state index contributed by atoms with van der Waals surface area (Å²) in [5, 5.41) is 0. The van der Waals surface area contributed by atoms with Gasteiger partial charge in [0.15, 0.2) is 5.78 Å². The normalized spacial score (nSPS) is 25.2. The van der Waals surface area contributed by atoms with Crippen LogP contribution in [0.25, 0.3) is 0 Å². The molecule has 0 amide bonds. The zero-order chi connectivity index (χ0) is 25.0. The second kappa shape index (κ2) is 8.71. The molecule has 0 aromatic carbocycles. The van der Waals surface area contributed by atoms with Crippen molar-refractivity contribution in [2.24, 2.45) is 5.92 Å². The van der Waals surface area contributed by atoms with Crippen molar-refractivity contribution in [3.8, 4) is 6.01 Å². The third-order valence-corrected chi connectivity index (χ3v) is 7.22. The molecule has 2 aromatic rings. The molecule has 36 heavy (non-hydrogen) atoms. The molecule has 2 saturated heterocycles. The Morgan fingerprint density at radius 2 is 1.97 bits per heavy atom. The molecule has 4 aliphatic rings. The van der Waals surface area contributed by atoms with E-state index in [1.165, 1.54) is 23.0 Å². The van der Waals surface area contributed by atoms with Crippen LogP contribution in [-0.2, 0) is 11.3 Å². The third kappa shape index (κ3) is 4.40. The maximum Gasteiger partial charge on any atom is 0.408 e. The van der Waals surface area contributed by atoms with Crippen LogP contribution in [-0.4, -0.2) is 76.0 Å². The van der Waals surface area contributed by atoms with Crippen molar-refractivity contribution >= 4 is 17.5 Å². The lowest BCUT2D eigenvalue weighted by Crippen LogP contribution is -2.54. The molecule has 3 aliphatic heterocycles. The highest BCUT2D eigenvalue weighted by molar-refractivity contribution is 5.98. The minimum Gasteiger partial charge on any atom is -0.463 e. The molecular formula is C23H25F3N6O4. The van der Waals surface area contributed by atoms with Gasteiger partial charge in [-0.25, -0.2) is 9.97 Å². The van der Waals surface area contributed by atoms with Gasteiger partial charge in [0.2, 0.25) is 5.95 Å². The Kier molecular flexibility index (Phi) is 5.61. The molecule has 0 spiro atoms. The molecular weight excluding hydrogens is 481 g/mol. The number of aromatic nitrogens is 4. The molecule has 2 unspecified atom stereocenters. The monoisotopic (exact) mass is 506 g/mol. The summed E-state index contributed by atoms with van der Waals surface area (Å²) in [6, 6.07) is -0.452. The highest BCUT2D eigenvalue weighted by Gasteiger charge is 2.48. The summed E-state index contributed by atoms with van der Waals surface area (Å²) >= 11 is 0. The van der Waals surface area contributed by atoms with Gasteiger partial charge in [-0.3, -0.25) is 14.2 Å². The van der Waals surface area contributed by atoms with E-state index >= 15 is 0 Å². The maximum atomic E-state index is 14.0. The van der Waals surface area contributed by atoms with Gasteiger partial charge in [0.05, 0.1) is 37.5 Å². The van der Waals surface area contributed by atoms with Crippen LogP contribution in [0.3, 0.4) is 0 Å². The smallest absolute Gasteiger partial charge is 0.408 e. The van der Waals surface area contributed by atoms with Crippen LogP contribution < -0.4 is 20.1 Å². The number of hydrogen-bond donors (Lipinski definition) is 0. The Balaban J connectivity index is 1.28. The molecule has 1 aliphatic carbocycles. The lowest BCUT2D eigenvalue weighted by atomic mass is 10.1. The number of halogens is 3. The van der Waals surface area contributed by atoms with Gasteiger partial charge in [-0.15, -0.1) is 0 Å². The van der Waals surface area contributed by atoms with E-state index in [0.29, 0.717) is 31.5 Å². The molecule has 1 saturated carbocycles. The van der Waals surface area contributed by atoms with Crippen LogP contribution in [0.15, 0.2) is 23.3 Å². The summed E-state index contributed by atoms with van der Waals surface area (Å²) in [6.45, 7) is 0.744. The Morgan fingerprint density at radius 1 is 1.19 bits per heavy atom. The summed E-state index contributed by atoms with van der Waals surface area (Å²) in [4.78, 5) is 41.3. The molecule has 3 atom stereocenters. The highest BCUT2D eigenvalue weighted by Crippen LogP contribution is 2.36. The van der Waals surface area contributed by atoms with Crippen molar-refractivity contribution in [3.05, 3.63) is 34.4 Å². The number of hydrogen-bond acceptors (Lipinski definition) is 9. The summed E-state index contributed by atoms with van der Waals surface area (Å²) < 4.78 is 54.4. The van der Waals surface area contributed by atoms with Crippen molar-refractivity contribution in [1.29, 1.82) is 0 Å². The number of carbonyl (C=O) groups is 1. The summed E-state index contributed by atoms with van der Waals surface area (Å²) in [6.07, 6.45) is 0.527. The lowest BCUT2D eigenvalue weighted by molar-refractivity contribution is -0.152. The van der Waals surface area contributed by atoms with Crippen molar-refractivity contribution in [3.63, 3.8) is 0 Å². The topological polar surface area (TPSA) is 103 Å². The van der Waals surface area contributed by atoms with Crippen LogP contribution in [0.5, 0.6) is 6.01 Å². The van der Waals surface area contributed by atoms with Crippen LogP contribution in [0.1, 0.15) is 36.0 Å². The zero-order valence-electron chi connectivity index (χ0n) is 19.4. The molecule has 10 nitrogen and oxygen atoms in total. The van der Waals surface area contributed by atoms with E-state index in [1.54, 1.807) is 0 Å². The second-order valence-corrected chi connectivity index (χ2v) is 9.81. The SMILES string of the molecule is O=C(CN1c2nc(N3CC4CC3CO4)cc(=O)n2CC[C@H]1C(F)(F)F)c1cnc(OCC2CC2)nc1. The number of morpholine rings is 1. The number of ether oxygens (including phenoxy) is 2. The van der Waals surface area contributed by atoms with Crippen molar-refractivity contribution < 1.29 is 27.4 Å². The predicted molar refractivity (Wildman–Crippen MR) is 120 cm³/mol. The molecule has 3 fully saturated rings. The molecule has 5 heterocycles. The minimum absolute atomic E-state index is 0.0208. The Morgan fingerprint density at radius 3 is 2.61 bits per heavy atom. The summed E-state index contributed by atoms with van der Waals surface area (Å²) in [5.74, 6) is 0.0356. The molecule has 2 bridgehead atoms. The number of alkyl halides is 3. The number of Topliss-reactive ketones (excluding diaryl/α,β-unsaturated/α-hetero) is 1. The highest BCUT2D eigenvalue weighted by atomic mass is 19.4. The van der Waals surface area contributed by atoms with E-state index in [9.17, 15) is 22.8 Å². The number of nitrogens with zero attached hydrogens (tertiary/aromatic N) is 6. The maximum absolute atomic E-state index is 14.0. The molecule has 0 radical (unpaired) electrons. The van der Waals surface area contributed by atoms with E-state index in [1.807, 2.05) is 4.90 Å². The molecule has 6 rings (SSSR count). The average Bonchev–Trinajstić information content (AvgIpc) is 3.44. The predicted octanol–water partition coefficient (Wildman–Crippen LogP) is 1.82. The lowest BCUT2D eigenvalue weighted by Gasteiger charge is -2.39. The van der Waals surface area contributed by atoms with Gasteiger partial charge in [0.25, 0.3) is 5.56 Å². The van der Waals surface area contributed by atoms with Crippen LogP contribution in [0.2, 0.25) is 0 Å². The van der Waals surface area contributed by atoms with Gasteiger partial charge >= 0.3 is 12.2 Å². The van der Waals surface area contributed by atoms with E-state index in [-0.39, 0.29) is 42.6 Å². The molecule has 13 heteroatoms. The van der Waals surface area contributed by atoms with Gasteiger partial charge < -0.3 is 19.3 Å². The van der Waals surface area contributed by atoms with Gasteiger partial charge in [0.1, 0.15) is 11.9 Å². The fraction of sp³-hybridized carbons (Fsp3) is 0.609. The van der Waals surface area contributed by atoms with E-state index in [4.69, 9.17) is 9.47 Å². The van der Waals surface area contributed by atoms with Crippen molar-refractivity contribution in [1.82, 2.24) is 19.5 Å². The number of carbonyl (C=O) groups excluding carboxylic acids is 1. The van der Waals surface area contributed by atoms with E-state index < -0.39 is 30.1 Å². The molecule has 192 valence electrons. The first kappa shape index (κ1) is 23.2. The first-order valence-electron chi connectivity index (χ1n) is 12.1. The molecule has 0 N–H and O–H groups in total. The van der Waals surface area contributed by atoms with Gasteiger partial charge in [-0.2, -0.15) is 18.2 Å². The Labute approximate surface area is 204 Å². The average molecular weight is 506 g/mol. The fourth-order valence-corrected chi connectivity index (χ4v) is 5.06. The Bertz CT molecular complexity index is 1220. The first-order valence-corrected chi connectivity index (χ1v) is 12.1. The fourth-order valence-electron chi connectivity index (χ4n) is 5.06. The van der Waals surface area contributed by atoms with Gasteiger partial charge in [-0.05, 0) is 31.6 Å². The minimum atomic E-state index is -4.61. The largest absolute Gasteiger partial charge is 0.463 e. The first-order chi connectivity index (χ1) is 17.3. The third-order valence-electron chi connectivity index (χ3n) is 7.22. The van der Waals surface area contributed by atoms with E-state index in [2.05, 4.69) is 15.0 Å². The van der Waals surface area contributed by atoms with Crippen LogP contribution >= 0.6 is 0 Å². The van der Waals surface area contributed by atoms with Crippen LogP contribution in [0.4, 0.5) is 24.9 Å². The second-order valence-electron chi connectivity index (χ2n) is 9.81. The quantitative estimate of drug-likeness (QED) is 0.521. The summed E-state index contributed by atoms with van der Waals surface area (Å²) in [5.41, 5.74) is -0.392. The molecule has 2 aromatic heterocycles. The van der Waals surface area contributed by atoms with E-state index in [0.717, 1.165) is 24.2 Å². The summed E-state index contributed by atoms with van der Waals surface area (Å²) in [7, 11) is 0. The van der Waals surface area contributed by atoms with Crippen molar-refractivity contribution in [2.75, 3.05) is 36.1 Å². The number of ketones is 1. The van der Waals surface area contributed by atoms with Crippen molar-refractivity contribution in [2.45, 2.75) is 56.6 Å². The number of rotatable bonds is 7. The van der Waals surface area contributed by atoms with Gasteiger partial charge in [0, 0.05) is 31.5 Å². The Hall–Kier alpha value is -3.22. The van der Waals surface area contributed by atoms with Gasteiger partial charge in [-0.1, -0.05) is 0 Å². The standard InChI is InChI=1S/C23H25F3N6O4/c24-23(25,26)18-3-4-30-20(34)6-19(31-9-16-5-15(31)12-35-16)29-22(30)32(18)10-17(33)14-7-27-21(28-8-14)36-11-13-1-2-13/h6-8,13,15-16,18H,1-5,9-12H2/t15?,16?,18-/m0/s1. The number of fused-ring (bicyclic) bond motifs is 3.